The molecule has 0 aliphatic carbocycles. The topological polar surface area (TPSA) is 49.7 Å². The summed E-state index contributed by atoms with van der Waals surface area (Å²) in [6.07, 6.45) is 7.75. The van der Waals surface area contributed by atoms with Crippen LogP contribution in [0.2, 0.25) is 0 Å². The molecule has 1 aromatic heterocycles. The molecule has 160 valence electrons. The number of hydrogen-bond donors (Lipinski definition) is 2. The molecule has 1 aliphatic heterocycles. The van der Waals surface area contributed by atoms with Gasteiger partial charge in [0.1, 0.15) is 5.82 Å². The maximum atomic E-state index is 13.1. The van der Waals surface area contributed by atoms with Crippen molar-refractivity contribution in [3.05, 3.63) is 83.0 Å². The maximum Gasteiger partial charge on any atom is 0.123 e. The van der Waals surface area contributed by atoms with Crippen molar-refractivity contribution in [2.45, 2.75) is 50.9 Å². The predicted octanol–water partition coefficient (Wildman–Crippen LogP) is 5.45. The summed E-state index contributed by atoms with van der Waals surface area (Å²) in [5.41, 5.74) is 2.97. The van der Waals surface area contributed by atoms with Gasteiger partial charge in [-0.25, -0.2) is 4.39 Å². The van der Waals surface area contributed by atoms with Crippen molar-refractivity contribution >= 4 is 11.3 Å². The quantitative estimate of drug-likeness (QED) is 0.550. The zero-order valence-corrected chi connectivity index (χ0v) is 18.1. The average molecular weight is 429 g/mol. The first-order valence-electron chi connectivity index (χ1n) is 10.3. The summed E-state index contributed by atoms with van der Waals surface area (Å²) >= 11 is 1.71. The summed E-state index contributed by atoms with van der Waals surface area (Å²) in [4.78, 5) is 2.38. The lowest BCUT2D eigenvalue weighted by molar-refractivity contribution is -0.0964. The molecule has 3 nitrogen and oxygen atoms in total. The van der Waals surface area contributed by atoms with Gasteiger partial charge in [0, 0.05) is 22.6 Å². The largest absolute Gasteiger partial charge is 0.394 e. The molecule has 3 unspecified atom stereocenters. The molecule has 0 spiro atoms. The maximum absolute atomic E-state index is 13.1. The molecule has 30 heavy (non-hydrogen) atoms. The van der Waals surface area contributed by atoms with Gasteiger partial charge in [0.15, 0.2) is 0 Å². The second-order valence-corrected chi connectivity index (χ2v) is 8.92. The number of rotatable bonds is 8. The standard InChI is InChI=1S/C25H29FO3S/c1-17(2)6-7-18(24-15-21(28)14-22(16-27)29-24)4-3-5-23-12-13-25(30-23)19-8-10-20(26)11-9-19/h4,6-13,21-22,24,27-28H,1,3,5,14-16H2,2H3/b7-6-,18-4+. The lowest BCUT2D eigenvalue weighted by Gasteiger charge is -2.33. The molecule has 3 atom stereocenters. The highest BCUT2D eigenvalue weighted by Gasteiger charge is 2.29. The van der Waals surface area contributed by atoms with Gasteiger partial charge in [-0.2, -0.15) is 0 Å². The smallest absolute Gasteiger partial charge is 0.123 e. The number of hydrogen-bond acceptors (Lipinski definition) is 4. The zero-order valence-electron chi connectivity index (χ0n) is 17.3. The van der Waals surface area contributed by atoms with E-state index in [2.05, 4.69) is 24.8 Å². The number of ether oxygens (including phenoxy) is 1. The molecule has 2 aromatic rings. The van der Waals surface area contributed by atoms with E-state index in [-0.39, 0.29) is 24.6 Å². The van der Waals surface area contributed by atoms with E-state index in [0.29, 0.717) is 12.8 Å². The van der Waals surface area contributed by atoms with E-state index in [4.69, 9.17) is 4.74 Å². The molecule has 1 aliphatic rings. The van der Waals surface area contributed by atoms with Crippen LogP contribution in [0.1, 0.15) is 31.1 Å². The van der Waals surface area contributed by atoms with E-state index < -0.39 is 6.10 Å². The highest BCUT2D eigenvalue weighted by atomic mass is 32.1. The summed E-state index contributed by atoms with van der Waals surface area (Å²) in [6, 6.07) is 10.8. The van der Waals surface area contributed by atoms with Crippen molar-refractivity contribution in [1.29, 1.82) is 0 Å². The van der Waals surface area contributed by atoms with Gasteiger partial charge >= 0.3 is 0 Å². The summed E-state index contributed by atoms with van der Waals surface area (Å²) in [5.74, 6) is -0.227. The summed E-state index contributed by atoms with van der Waals surface area (Å²) in [6.45, 7) is 5.76. The van der Waals surface area contributed by atoms with Gasteiger partial charge in [0.25, 0.3) is 0 Å². The van der Waals surface area contributed by atoms with Gasteiger partial charge in [-0.1, -0.05) is 42.5 Å². The Balaban J connectivity index is 1.68. The molecule has 1 fully saturated rings. The Morgan fingerprint density at radius 2 is 1.97 bits per heavy atom. The van der Waals surface area contributed by atoms with Crippen molar-refractivity contribution in [3.8, 4) is 10.4 Å². The minimum absolute atomic E-state index is 0.0909. The van der Waals surface area contributed by atoms with Crippen LogP contribution in [0.15, 0.2) is 72.4 Å². The fourth-order valence-corrected chi connectivity index (χ4v) is 4.56. The Hall–Kier alpha value is -2.05. The molecule has 5 heteroatoms. The van der Waals surface area contributed by atoms with Crippen molar-refractivity contribution < 1.29 is 19.3 Å². The summed E-state index contributed by atoms with van der Waals surface area (Å²) in [7, 11) is 0. The van der Waals surface area contributed by atoms with Crippen LogP contribution in [0, 0.1) is 5.82 Å². The number of thiophene rings is 1. The van der Waals surface area contributed by atoms with Gasteiger partial charge in [0.2, 0.25) is 0 Å². The third-order valence-corrected chi connectivity index (χ3v) is 6.27. The van der Waals surface area contributed by atoms with Gasteiger partial charge < -0.3 is 14.9 Å². The third kappa shape index (κ3) is 6.47. The van der Waals surface area contributed by atoms with Gasteiger partial charge in [0.05, 0.1) is 24.9 Å². The van der Waals surface area contributed by atoms with Crippen LogP contribution in [0.5, 0.6) is 0 Å². The Morgan fingerprint density at radius 1 is 1.20 bits per heavy atom. The molecule has 1 saturated heterocycles. The number of allylic oxidation sites excluding steroid dienone is 3. The number of benzene rings is 1. The fraction of sp³-hybridized carbons (Fsp3) is 0.360. The SMILES string of the molecule is C=C(C)/C=C\C(=C/CCc1ccc(-c2ccc(F)cc2)s1)C1CC(O)CC(CO)O1. The number of aliphatic hydroxyl groups excluding tert-OH is 2. The molecule has 1 aromatic carbocycles. The number of halogens is 1. The Morgan fingerprint density at radius 3 is 2.67 bits per heavy atom. The highest BCUT2D eigenvalue weighted by Crippen LogP contribution is 2.30. The minimum atomic E-state index is -0.474. The average Bonchev–Trinajstić information content (AvgIpc) is 3.19. The molecule has 0 bridgehead atoms. The first-order valence-corrected chi connectivity index (χ1v) is 11.1. The summed E-state index contributed by atoms with van der Waals surface area (Å²) < 4.78 is 19.1. The number of aliphatic hydroxyl groups is 2. The molecule has 2 N–H and O–H groups in total. The van der Waals surface area contributed by atoms with E-state index in [9.17, 15) is 14.6 Å². The molecule has 0 amide bonds. The second-order valence-electron chi connectivity index (χ2n) is 7.75. The van der Waals surface area contributed by atoms with Gasteiger partial charge in [-0.3, -0.25) is 0 Å². The van der Waals surface area contributed by atoms with E-state index in [1.807, 2.05) is 19.1 Å². The Labute approximate surface area is 181 Å². The van der Waals surface area contributed by atoms with Gasteiger partial charge in [-0.05, 0) is 55.2 Å². The zero-order chi connectivity index (χ0) is 21.5. The first kappa shape index (κ1) is 22.6. The lowest BCUT2D eigenvalue weighted by atomic mass is 9.94. The minimum Gasteiger partial charge on any atom is -0.394 e. The molecule has 0 saturated carbocycles. The Kier molecular flexibility index (Phi) is 8.16. The normalized spacial score (nSPS) is 22.5. The van der Waals surface area contributed by atoms with Crippen LogP contribution < -0.4 is 0 Å². The number of aryl methyl sites for hydroxylation is 1. The van der Waals surface area contributed by atoms with E-state index >= 15 is 0 Å². The first-order chi connectivity index (χ1) is 14.4. The van der Waals surface area contributed by atoms with Crippen molar-refractivity contribution in [1.82, 2.24) is 0 Å². The van der Waals surface area contributed by atoms with Crippen molar-refractivity contribution in [2.24, 2.45) is 0 Å². The predicted molar refractivity (Wildman–Crippen MR) is 121 cm³/mol. The molecule has 3 rings (SSSR count). The Bertz CT molecular complexity index is 897. The molecular weight excluding hydrogens is 399 g/mol. The summed E-state index contributed by atoms with van der Waals surface area (Å²) in [5, 5.41) is 19.6. The van der Waals surface area contributed by atoms with Crippen LogP contribution in [0.3, 0.4) is 0 Å². The molecule has 0 radical (unpaired) electrons. The van der Waals surface area contributed by atoms with Crippen molar-refractivity contribution in [3.63, 3.8) is 0 Å². The van der Waals surface area contributed by atoms with E-state index in [1.165, 1.54) is 17.0 Å². The van der Waals surface area contributed by atoms with Crippen LogP contribution in [0.25, 0.3) is 10.4 Å². The molecule has 2 heterocycles. The van der Waals surface area contributed by atoms with Crippen LogP contribution in [0.4, 0.5) is 4.39 Å². The highest BCUT2D eigenvalue weighted by molar-refractivity contribution is 7.15. The third-order valence-electron chi connectivity index (χ3n) is 5.07. The van der Waals surface area contributed by atoms with Crippen LogP contribution in [-0.4, -0.2) is 35.1 Å². The van der Waals surface area contributed by atoms with Crippen LogP contribution in [-0.2, 0) is 11.2 Å². The molecular formula is C25H29FO3S. The monoisotopic (exact) mass is 428 g/mol. The van der Waals surface area contributed by atoms with Crippen molar-refractivity contribution in [2.75, 3.05) is 6.61 Å². The van der Waals surface area contributed by atoms with E-state index in [1.54, 1.807) is 23.5 Å². The van der Waals surface area contributed by atoms with E-state index in [0.717, 1.165) is 34.4 Å². The lowest BCUT2D eigenvalue weighted by Crippen LogP contribution is -2.38. The fourth-order valence-electron chi connectivity index (χ4n) is 3.53. The second kappa shape index (κ2) is 10.8. The van der Waals surface area contributed by atoms with Gasteiger partial charge in [-0.15, -0.1) is 11.3 Å². The van der Waals surface area contributed by atoms with Crippen LogP contribution >= 0.6 is 11.3 Å².